The monoisotopic (exact) mass is 534 g/mol. The topological polar surface area (TPSA) is 99.6 Å². The maximum absolute atomic E-state index is 14.5. The zero-order valence-corrected chi connectivity index (χ0v) is 22.0. The SMILES string of the molecule is C=S(N)(=O)CCn1cc(-c2cccc([C@@]34CC[C@@H](c5cc(-c6c(F)cccc6F)nnc53)C4(C)C)n2)cn1. The van der Waals surface area contributed by atoms with Gasteiger partial charge in [-0.25, -0.2) is 8.78 Å². The smallest absolute Gasteiger partial charge is 0.135 e. The second-order valence-corrected chi connectivity index (χ2v) is 13.0. The first kappa shape index (κ1) is 24.8. The van der Waals surface area contributed by atoms with E-state index in [1.807, 2.05) is 30.5 Å². The lowest BCUT2D eigenvalue weighted by atomic mass is 9.66. The molecule has 0 radical (unpaired) electrons. The Balaban J connectivity index is 1.41. The normalized spacial score (nSPS) is 22.8. The molecule has 10 heteroatoms. The largest absolute Gasteiger partial charge is 0.271 e. The molecular weight excluding hydrogens is 506 g/mol. The third-order valence-electron chi connectivity index (χ3n) is 8.38. The van der Waals surface area contributed by atoms with Gasteiger partial charge in [0.2, 0.25) is 0 Å². The summed E-state index contributed by atoms with van der Waals surface area (Å²) in [6.45, 7) is 4.82. The molecule has 6 rings (SSSR count). The number of fused-ring (bicyclic) bond motifs is 5. The Bertz CT molecular complexity index is 1660. The van der Waals surface area contributed by atoms with Gasteiger partial charge in [0.25, 0.3) is 0 Å². The first-order valence-electron chi connectivity index (χ1n) is 12.5. The van der Waals surface area contributed by atoms with Gasteiger partial charge in [-0.2, -0.15) is 10.2 Å². The average Bonchev–Trinajstić information content (AvgIpc) is 3.50. The molecule has 2 bridgehead atoms. The number of halogens is 2. The highest BCUT2D eigenvalue weighted by Crippen LogP contribution is 2.69. The molecule has 0 saturated heterocycles. The third kappa shape index (κ3) is 3.69. The molecule has 3 aromatic heterocycles. The van der Waals surface area contributed by atoms with E-state index in [0.29, 0.717) is 6.54 Å². The lowest BCUT2D eigenvalue weighted by Crippen LogP contribution is -2.37. The van der Waals surface area contributed by atoms with Crippen molar-refractivity contribution in [1.29, 1.82) is 0 Å². The van der Waals surface area contributed by atoms with E-state index in [-0.39, 0.29) is 28.3 Å². The van der Waals surface area contributed by atoms with Crippen molar-refractivity contribution in [2.45, 2.75) is 44.6 Å². The molecule has 1 unspecified atom stereocenters. The fourth-order valence-electron chi connectivity index (χ4n) is 6.46. The van der Waals surface area contributed by atoms with Crippen LogP contribution in [-0.4, -0.2) is 40.8 Å². The molecule has 0 spiro atoms. The van der Waals surface area contributed by atoms with Crippen molar-refractivity contribution in [2.75, 3.05) is 5.75 Å². The molecule has 0 amide bonds. The van der Waals surface area contributed by atoms with Crippen LogP contribution in [0.1, 0.15) is 49.6 Å². The van der Waals surface area contributed by atoms with Crippen molar-refractivity contribution in [3.63, 3.8) is 0 Å². The van der Waals surface area contributed by atoms with E-state index in [4.69, 9.17) is 10.1 Å². The van der Waals surface area contributed by atoms with Crippen LogP contribution in [0.15, 0.2) is 54.9 Å². The summed E-state index contributed by atoms with van der Waals surface area (Å²) in [5, 5.41) is 18.9. The van der Waals surface area contributed by atoms with E-state index < -0.39 is 26.8 Å². The summed E-state index contributed by atoms with van der Waals surface area (Å²) in [7, 11) is -2.60. The summed E-state index contributed by atoms with van der Waals surface area (Å²) in [4.78, 5) is 5.09. The lowest BCUT2D eigenvalue weighted by Gasteiger charge is -2.37. The third-order valence-corrected chi connectivity index (χ3v) is 9.26. The summed E-state index contributed by atoms with van der Waals surface area (Å²) in [6, 6.07) is 11.5. The van der Waals surface area contributed by atoms with Gasteiger partial charge >= 0.3 is 0 Å². The number of rotatable bonds is 6. The van der Waals surface area contributed by atoms with Crippen molar-refractivity contribution in [2.24, 2.45) is 10.6 Å². The molecule has 0 aliphatic heterocycles. The maximum Gasteiger partial charge on any atom is 0.135 e. The summed E-state index contributed by atoms with van der Waals surface area (Å²) >= 11 is 0. The number of aromatic nitrogens is 5. The highest BCUT2D eigenvalue weighted by molar-refractivity contribution is 7.98. The van der Waals surface area contributed by atoms with Crippen LogP contribution < -0.4 is 5.14 Å². The van der Waals surface area contributed by atoms with Crippen LogP contribution in [-0.2, 0) is 21.7 Å². The van der Waals surface area contributed by atoms with Gasteiger partial charge in [0.05, 0.1) is 46.5 Å². The van der Waals surface area contributed by atoms with Gasteiger partial charge in [-0.1, -0.05) is 26.0 Å². The second kappa shape index (κ2) is 8.51. The standard InChI is InChI=1S/C28H28F2N6OS/c1-27(2)19-10-11-28(27,26-18(19)14-23(34-35-26)25-20(29)6-4-7-21(25)30)24-9-5-8-22(33-24)17-15-32-36(16-17)12-13-38(3,31)37/h4-9,14-16,19H,3,10-13H2,1-2H3,(H2,31,37)/t19-,28-,38?/m0/s1. The van der Waals surface area contributed by atoms with Crippen LogP contribution in [0.3, 0.4) is 0 Å². The molecule has 196 valence electrons. The minimum absolute atomic E-state index is 0.154. The number of pyridine rings is 1. The van der Waals surface area contributed by atoms with E-state index in [1.165, 1.54) is 18.2 Å². The molecule has 1 saturated carbocycles. The van der Waals surface area contributed by atoms with Gasteiger partial charge in [-0.05, 0) is 65.9 Å². The van der Waals surface area contributed by atoms with E-state index >= 15 is 0 Å². The molecule has 7 nitrogen and oxygen atoms in total. The summed E-state index contributed by atoms with van der Waals surface area (Å²) in [5.74, 6) is 2.57. The zero-order chi connectivity index (χ0) is 26.9. The fourth-order valence-corrected chi connectivity index (χ4v) is 6.95. The minimum Gasteiger partial charge on any atom is -0.271 e. The maximum atomic E-state index is 14.5. The molecule has 3 heterocycles. The fraction of sp³-hybridized carbons (Fsp3) is 0.321. The Morgan fingerprint density at radius 3 is 2.61 bits per heavy atom. The van der Waals surface area contributed by atoms with Crippen molar-refractivity contribution >= 4 is 15.6 Å². The highest BCUT2D eigenvalue weighted by Gasteiger charge is 2.65. The Labute approximate surface area is 220 Å². The van der Waals surface area contributed by atoms with Crippen LogP contribution in [0.4, 0.5) is 8.78 Å². The molecule has 4 aromatic rings. The van der Waals surface area contributed by atoms with E-state index in [1.54, 1.807) is 10.9 Å². The van der Waals surface area contributed by atoms with E-state index in [9.17, 15) is 13.0 Å². The Morgan fingerprint density at radius 2 is 1.87 bits per heavy atom. The number of benzene rings is 1. The van der Waals surface area contributed by atoms with Crippen molar-refractivity contribution < 1.29 is 13.0 Å². The Hall–Kier alpha value is -3.50. The Morgan fingerprint density at radius 1 is 1.13 bits per heavy atom. The van der Waals surface area contributed by atoms with Crippen molar-refractivity contribution in [1.82, 2.24) is 25.0 Å². The number of nitrogens with zero attached hydrogens (tertiary/aromatic N) is 5. The van der Waals surface area contributed by atoms with Crippen LogP contribution in [0.25, 0.3) is 22.5 Å². The second-order valence-electron chi connectivity index (χ2n) is 10.8. The highest BCUT2D eigenvalue weighted by atomic mass is 32.2. The first-order chi connectivity index (χ1) is 18.0. The van der Waals surface area contributed by atoms with Gasteiger partial charge < -0.3 is 0 Å². The van der Waals surface area contributed by atoms with Gasteiger partial charge in [0.1, 0.15) is 11.6 Å². The molecular formula is C28H28F2N6OS. The lowest BCUT2D eigenvalue weighted by molar-refractivity contribution is 0.243. The predicted octanol–water partition coefficient (Wildman–Crippen LogP) is 4.47. The van der Waals surface area contributed by atoms with Gasteiger partial charge in [0.15, 0.2) is 0 Å². The summed E-state index contributed by atoms with van der Waals surface area (Å²) < 4.78 is 42.5. The van der Waals surface area contributed by atoms with E-state index in [0.717, 1.165) is 41.1 Å². The molecule has 38 heavy (non-hydrogen) atoms. The number of hydrogen-bond acceptors (Lipinski definition) is 5. The first-order valence-corrected chi connectivity index (χ1v) is 14.4. The number of hydrogen-bond donors (Lipinski definition) is 1. The summed E-state index contributed by atoms with van der Waals surface area (Å²) in [5.41, 5.74) is 3.61. The zero-order valence-electron chi connectivity index (χ0n) is 21.2. The van der Waals surface area contributed by atoms with Gasteiger partial charge in [0, 0.05) is 27.2 Å². The predicted molar refractivity (Wildman–Crippen MR) is 144 cm³/mol. The summed E-state index contributed by atoms with van der Waals surface area (Å²) in [6.07, 6.45) is 5.35. The van der Waals surface area contributed by atoms with Crippen LogP contribution in [0.2, 0.25) is 0 Å². The number of nitrogens with two attached hydrogens (primary N) is 1. The van der Waals surface area contributed by atoms with Gasteiger partial charge in [-0.3, -0.25) is 19.0 Å². The van der Waals surface area contributed by atoms with Crippen LogP contribution >= 0.6 is 0 Å². The molecule has 3 atom stereocenters. The molecule has 1 aromatic carbocycles. The quantitative estimate of drug-likeness (QED) is 0.368. The molecule has 1 fully saturated rings. The van der Waals surface area contributed by atoms with Crippen LogP contribution in [0, 0.1) is 17.0 Å². The molecule has 2 aliphatic rings. The van der Waals surface area contributed by atoms with E-state index in [2.05, 4.69) is 35.0 Å². The molecule has 2 N–H and O–H groups in total. The Kier molecular flexibility index (Phi) is 5.55. The van der Waals surface area contributed by atoms with Crippen molar-refractivity contribution in [3.05, 3.63) is 83.4 Å². The number of aryl methyl sites for hydroxylation is 1. The van der Waals surface area contributed by atoms with Crippen molar-refractivity contribution in [3.8, 4) is 22.5 Å². The minimum atomic E-state index is -2.60. The average molecular weight is 535 g/mol. The van der Waals surface area contributed by atoms with Crippen LogP contribution in [0.5, 0.6) is 0 Å². The van der Waals surface area contributed by atoms with Gasteiger partial charge in [-0.15, -0.1) is 5.10 Å². The molecule has 2 aliphatic carbocycles.